The standard InChI is InChI=1S/C21H25N3O4/c1-7-8-23-12(2)9-16(14(23)4)18(25)11-24-19(26)21(6,22-20(24)27)17-10-13(3)28-15(17)5/h7,9-10H,1,8,11H2,2-6H3,(H,22,27). The van der Waals surface area contributed by atoms with Gasteiger partial charge < -0.3 is 14.3 Å². The lowest BCUT2D eigenvalue weighted by molar-refractivity contribution is -0.130. The van der Waals surface area contributed by atoms with Gasteiger partial charge >= 0.3 is 6.03 Å². The number of nitrogens with zero attached hydrogens (tertiary/aromatic N) is 2. The highest BCUT2D eigenvalue weighted by atomic mass is 16.3. The van der Waals surface area contributed by atoms with Crippen LogP contribution in [-0.4, -0.2) is 33.7 Å². The molecular formula is C21H25N3O4. The molecule has 1 fully saturated rings. The molecule has 148 valence electrons. The maximum Gasteiger partial charge on any atom is 0.325 e. The highest BCUT2D eigenvalue weighted by molar-refractivity contribution is 6.11. The van der Waals surface area contributed by atoms with Crippen molar-refractivity contribution in [3.63, 3.8) is 0 Å². The number of carbonyl (C=O) groups is 3. The molecule has 0 radical (unpaired) electrons. The van der Waals surface area contributed by atoms with Crippen molar-refractivity contribution in [3.05, 3.63) is 58.8 Å². The zero-order valence-corrected chi connectivity index (χ0v) is 16.9. The molecule has 2 aromatic rings. The van der Waals surface area contributed by atoms with E-state index < -0.39 is 17.5 Å². The number of Topliss-reactive ketones (excluding diaryl/α,β-unsaturated/α-hetero) is 1. The van der Waals surface area contributed by atoms with E-state index in [0.29, 0.717) is 29.2 Å². The number of ketones is 1. The van der Waals surface area contributed by atoms with Gasteiger partial charge in [0.1, 0.15) is 17.1 Å². The number of nitrogens with one attached hydrogen (secondary N) is 1. The van der Waals surface area contributed by atoms with E-state index in [1.165, 1.54) is 0 Å². The molecule has 7 heteroatoms. The number of imide groups is 1. The van der Waals surface area contributed by atoms with Crippen molar-refractivity contribution in [2.45, 2.75) is 46.7 Å². The Balaban J connectivity index is 1.87. The molecule has 0 bridgehead atoms. The van der Waals surface area contributed by atoms with Gasteiger partial charge in [0.2, 0.25) is 0 Å². The summed E-state index contributed by atoms with van der Waals surface area (Å²) in [5.41, 5.74) is 1.57. The molecule has 1 saturated heterocycles. The third kappa shape index (κ3) is 2.96. The number of aromatic nitrogens is 1. The molecule has 1 aliphatic heterocycles. The fourth-order valence-corrected chi connectivity index (χ4v) is 3.87. The largest absolute Gasteiger partial charge is 0.466 e. The molecule has 0 spiro atoms. The van der Waals surface area contributed by atoms with Crippen LogP contribution >= 0.6 is 0 Å². The van der Waals surface area contributed by atoms with Crippen LogP contribution in [0.5, 0.6) is 0 Å². The van der Waals surface area contributed by atoms with Gasteiger partial charge in [-0.15, -0.1) is 6.58 Å². The molecule has 3 heterocycles. The number of carbonyl (C=O) groups excluding carboxylic acids is 3. The normalized spacial score (nSPS) is 19.2. The van der Waals surface area contributed by atoms with Crippen LogP contribution in [0.4, 0.5) is 4.79 Å². The number of hydrogen-bond donors (Lipinski definition) is 1. The van der Waals surface area contributed by atoms with E-state index in [-0.39, 0.29) is 12.3 Å². The Labute approximate surface area is 164 Å². The second-order valence-corrected chi connectivity index (χ2v) is 7.38. The van der Waals surface area contributed by atoms with Crippen molar-refractivity contribution in [3.8, 4) is 0 Å². The first-order valence-corrected chi connectivity index (χ1v) is 9.12. The zero-order chi connectivity index (χ0) is 20.8. The van der Waals surface area contributed by atoms with Crippen LogP contribution in [0.1, 0.15) is 45.8 Å². The Morgan fingerprint density at radius 2 is 1.93 bits per heavy atom. The van der Waals surface area contributed by atoms with Gasteiger partial charge in [-0.3, -0.25) is 14.5 Å². The monoisotopic (exact) mass is 383 g/mol. The smallest absolute Gasteiger partial charge is 0.325 e. The van der Waals surface area contributed by atoms with E-state index >= 15 is 0 Å². The van der Waals surface area contributed by atoms with E-state index in [1.807, 2.05) is 18.4 Å². The summed E-state index contributed by atoms with van der Waals surface area (Å²) in [7, 11) is 0. The third-order valence-corrected chi connectivity index (χ3v) is 5.34. The number of urea groups is 1. The molecule has 3 amide bonds. The van der Waals surface area contributed by atoms with Crippen LogP contribution in [0.15, 0.2) is 29.2 Å². The summed E-state index contributed by atoms with van der Waals surface area (Å²) < 4.78 is 7.48. The number of allylic oxidation sites excluding steroid dienone is 1. The van der Waals surface area contributed by atoms with Crippen molar-refractivity contribution < 1.29 is 18.8 Å². The predicted octanol–water partition coefficient (Wildman–Crippen LogP) is 3.15. The molecular weight excluding hydrogens is 358 g/mol. The Bertz CT molecular complexity index is 998. The van der Waals surface area contributed by atoms with Crippen molar-refractivity contribution in [2.75, 3.05) is 6.54 Å². The molecule has 3 rings (SSSR count). The molecule has 0 aliphatic carbocycles. The van der Waals surface area contributed by atoms with Gasteiger partial charge in [0.25, 0.3) is 5.91 Å². The van der Waals surface area contributed by atoms with Gasteiger partial charge in [-0.25, -0.2) is 4.79 Å². The van der Waals surface area contributed by atoms with Crippen molar-refractivity contribution in [1.82, 2.24) is 14.8 Å². The van der Waals surface area contributed by atoms with Crippen LogP contribution < -0.4 is 5.32 Å². The first kappa shape index (κ1) is 19.7. The topological polar surface area (TPSA) is 84.6 Å². The summed E-state index contributed by atoms with van der Waals surface area (Å²) in [5.74, 6) is 0.473. The van der Waals surface area contributed by atoms with Crippen molar-refractivity contribution in [2.24, 2.45) is 0 Å². The average Bonchev–Trinajstić information content (AvgIpc) is 3.18. The summed E-state index contributed by atoms with van der Waals surface area (Å²) in [5, 5.41) is 2.72. The number of rotatable bonds is 6. The minimum absolute atomic E-state index is 0.281. The lowest BCUT2D eigenvalue weighted by Gasteiger charge is -2.21. The van der Waals surface area contributed by atoms with E-state index in [2.05, 4.69) is 11.9 Å². The van der Waals surface area contributed by atoms with E-state index in [1.54, 1.807) is 39.0 Å². The lowest BCUT2D eigenvalue weighted by Crippen LogP contribution is -2.41. The maximum absolute atomic E-state index is 13.1. The maximum atomic E-state index is 13.1. The van der Waals surface area contributed by atoms with Gasteiger partial charge in [-0.05, 0) is 46.8 Å². The minimum atomic E-state index is -1.25. The average molecular weight is 383 g/mol. The summed E-state index contributed by atoms with van der Waals surface area (Å²) in [6, 6.07) is 2.93. The number of amides is 3. The lowest BCUT2D eigenvalue weighted by atomic mass is 9.92. The Hall–Kier alpha value is -3.09. The Kier molecular flexibility index (Phi) is 4.79. The van der Waals surface area contributed by atoms with Crippen LogP contribution in [0.3, 0.4) is 0 Å². The van der Waals surface area contributed by atoms with Gasteiger partial charge in [-0.1, -0.05) is 6.08 Å². The first-order chi connectivity index (χ1) is 13.1. The van der Waals surface area contributed by atoms with Crippen LogP contribution in [-0.2, 0) is 16.9 Å². The zero-order valence-electron chi connectivity index (χ0n) is 16.9. The quantitative estimate of drug-likeness (QED) is 0.472. The second kappa shape index (κ2) is 6.82. The fraction of sp³-hybridized carbons (Fsp3) is 0.381. The Morgan fingerprint density at radius 1 is 1.25 bits per heavy atom. The van der Waals surface area contributed by atoms with Gasteiger partial charge in [0.05, 0.1) is 6.54 Å². The van der Waals surface area contributed by atoms with Gasteiger partial charge in [0, 0.05) is 29.1 Å². The molecule has 1 N–H and O–H groups in total. The molecule has 2 aromatic heterocycles. The van der Waals surface area contributed by atoms with Crippen molar-refractivity contribution >= 4 is 17.7 Å². The van der Waals surface area contributed by atoms with E-state index in [0.717, 1.165) is 16.3 Å². The van der Waals surface area contributed by atoms with E-state index in [9.17, 15) is 14.4 Å². The first-order valence-electron chi connectivity index (χ1n) is 9.12. The van der Waals surface area contributed by atoms with Crippen LogP contribution in [0.2, 0.25) is 0 Å². The summed E-state index contributed by atoms with van der Waals surface area (Å²) in [6.45, 7) is 12.9. The molecule has 1 atom stereocenters. The highest BCUT2D eigenvalue weighted by Gasteiger charge is 2.51. The van der Waals surface area contributed by atoms with Gasteiger partial charge in [0.15, 0.2) is 5.78 Å². The third-order valence-electron chi connectivity index (χ3n) is 5.34. The number of hydrogen-bond acceptors (Lipinski definition) is 4. The summed E-state index contributed by atoms with van der Waals surface area (Å²) in [6.07, 6.45) is 1.76. The molecule has 0 saturated carbocycles. The molecule has 7 nitrogen and oxygen atoms in total. The van der Waals surface area contributed by atoms with E-state index in [4.69, 9.17) is 4.42 Å². The number of furan rings is 1. The molecule has 28 heavy (non-hydrogen) atoms. The summed E-state index contributed by atoms with van der Waals surface area (Å²) in [4.78, 5) is 39.4. The van der Waals surface area contributed by atoms with Gasteiger partial charge in [-0.2, -0.15) is 0 Å². The van der Waals surface area contributed by atoms with Crippen LogP contribution in [0.25, 0.3) is 0 Å². The predicted molar refractivity (Wildman–Crippen MR) is 104 cm³/mol. The molecule has 1 unspecified atom stereocenters. The fourth-order valence-electron chi connectivity index (χ4n) is 3.87. The second-order valence-electron chi connectivity index (χ2n) is 7.38. The highest BCUT2D eigenvalue weighted by Crippen LogP contribution is 2.33. The summed E-state index contributed by atoms with van der Waals surface area (Å²) >= 11 is 0. The Morgan fingerprint density at radius 3 is 2.50 bits per heavy atom. The molecule has 1 aliphatic rings. The van der Waals surface area contributed by atoms with Crippen LogP contribution in [0, 0.1) is 27.7 Å². The van der Waals surface area contributed by atoms with Crippen molar-refractivity contribution in [1.29, 1.82) is 0 Å². The molecule has 0 aromatic carbocycles. The SMILES string of the molecule is C=CCn1c(C)cc(C(=O)CN2C(=O)NC(C)(c3cc(C)oc3C)C2=O)c1C. The minimum Gasteiger partial charge on any atom is -0.466 e. The number of aryl methyl sites for hydroxylation is 3.